The number of phenolic OH excluding ortho intramolecular Hbond substituents is 2. The molecule has 8 heteroatoms. The van der Waals surface area contributed by atoms with Crippen molar-refractivity contribution < 1.29 is 39.9 Å². The van der Waals surface area contributed by atoms with E-state index in [1.165, 1.54) is 29.9 Å². The van der Waals surface area contributed by atoms with Gasteiger partial charge in [0.2, 0.25) is 0 Å². The number of hydrogen-bond acceptors (Lipinski definition) is 7. The number of carboxylic acid groups (broad SMARTS) is 1. The van der Waals surface area contributed by atoms with Crippen LogP contribution in [-0.2, 0) is 14.3 Å². The van der Waals surface area contributed by atoms with Gasteiger partial charge in [0.15, 0.2) is 11.5 Å². The zero-order valence-corrected chi connectivity index (χ0v) is 28.9. The highest BCUT2D eigenvalue weighted by atomic mass is 16.5. The molecule has 1 aromatic carbocycles. The molecule has 0 heterocycles. The van der Waals surface area contributed by atoms with Crippen LogP contribution in [-0.4, -0.2) is 56.3 Å². The number of fused-ring (bicyclic) bond motifs is 7. The highest BCUT2D eigenvalue weighted by Crippen LogP contribution is 2.75. The normalized spacial score (nSPS) is 43.9. The molecule has 0 radical (unpaired) electrons. The molecule has 47 heavy (non-hydrogen) atoms. The minimum atomic E-state index is -1.06. The van der Waals surface area contributed by atoms with Gasteiger partial charge in [-0.15, -0.1) is 0 Å². The summed E-state index contributed by atoms with van der Waals surface area (Å²) < 4.78 is 5.78. The molecule has 258 valence electrons. The lowest BCUT2D eigenvalue weighted by Gasteiger charge is -2.71. The van der Waals surface area contributed by atoms with Crippen LogP contribution >= 0.6 is 0 Å². The summed E-state index contributed by atoms with van der Waals surface area (Å²) in [6, 6.07) is 4.26. The maximum Gasteiger partial charge on any atom is 0.330 e. The number of phenols is 2. The van der Waals surface area contributed by atoms with Gasteiger partial charge in [0.1, 0.15) is 0 Å². The number of aliphatic hydroxyl groups excluding tert-OH is 2. The lowest BCUT2D eigenvalue weighted by Crippen LogP contribution is -2.68. The van der Waals surface area contributed by atoms with Crippen LogP contribution in [0, 0.1) is 50.2 Å². The zero-order valence-electron chi connectivity index (χ0n) is 28.9. The second-order valence-corrected chi connectivity index (χ2v) is 17.6. The van der Waals surface area contributed by atoms with Gasteiger partial charge in [-0.2, -0.15) is 0 Å². The van der Waals surface area contributed by atoms with Crippen LogP contribution in [0.15, 0.2) is 35.9 Å². The van der Waals surface area contributed by atoms with Gasteiger partial charge in [-0.1, -0.05) is 59.3 Å². The van der Waals surface area contributed by atoms with E-state index in [1.807, 2.05) is 6.92 Å². The maximum absolute atomic E-state index is 13.0. The van der Waals surface area contributed by atoms with Gasteiger partial charge in [0, 0.05) is 11.5 Å². The van der Waals surface area contributed by atoms with Crippen molar-refractivity contribution in [1.82, 2.24) is 0 Å². The number of aliphatic carboxylic acids is 1. The van der Waals surface area contributed by atoms with Gasteiger partial charge in [0.05, 0.1) is 24.2 Å². The number of aromatic hydroxyl groups is 2. The van der Waals surface area contributed by atoms with E-state index in [0.717, 1.165) is 44.9 Å². The van der Waals surface area contributed by atoms with Crippen LogP contribution in [0.5, 0.6) is 11.5 Å². The largest absolute Gasteiger partial charge is 0.504 e. The summed E-state index contributed by atoms with van der Waals surface area (Å²) in [4.78, 5) is 25.8. The van der Waals surface area contributed by atoms with E-state index in [0.29, 0.717) is 18.4 Å². The van der Waals surface area contributed by atoms with E-state index < -0.39 is 35.0 Å². The number of allylic oxidation sites excluding steroid dienone is 2. The van der Waals surface area contributed by atoms with Crippen molar-refractivity contribution in [3.8, 4) is 11.5 Å². The van der Waals surface area contributed by atoms with Crippen LogP contribution in [0.1, 0.15) is 105 Å². The van der Waals surface area contributed by atoms with Crippen molar-refractivity contribution in [3.05, 3.63) is 41.5 Å². The number of carboxylic acids is 1. The fourth-order valence-electron chi connectivity index (χ4n) is 11.8. The topological polar surface area (TPSA) is 145 Å². The Bertz CT molecular complexity index is 1510. The number of hydrogen-bond donors (Lipinski definition) is 5. The van der Waals surface area contributed by atoms with E-state index in [4.69, 9.17) is 4.74 Å². The molecule has 1 aromatic rings. The second-order valence-electron chi connectivity index (χ2n) is 17.6. The quantitative estimate of drug-likeness (QED) is 0.101. The SMILES string of the molecule is CC1(C)CC[C@]2(C(=O)O)CC[C@]3(C)C(=CC[C@@H]4[C@@]5(C)C[C@@H](O)[C@H](O)[C@@](C)(COC(=O)/C=C/c6ccc(O)c(O)c6)[C@@H]5CC[C@]43C)[C@@H]2C1. The highest BCUT2D eigenvalue weighted by Gasteiger charge is 2.70. The number of rotatable bonds is 5. The van der Waals surface area contributed by atoms with Crippen molar-refractivity contribution in [2.75, 3.05) is 6.61 Å². The molecule has 8 nitrogen and oxygen atoms in total. The van der Waals surface area contributed by atoms with Crippen molar-refractivity contribution >= 4 is 18.0 Å². The van der Waals surface area contributed by atoms with Gasteiger partial charge in [0.25, 0.3) is 0 Å². The maximum atomic E-state index is 13.0. The molecular formula is C39H54O8. The summed E-state index contributed by atoms with van der Waals surface area (Å²) in [6.45, 7) is 13.5. The molecular weight excluding hydrogens is 596 g/mol. The third-order valence-corrected chi connectivity index (χ3v) is 14.8. The average molecular weight is 651 g/mol. The summed E-state index contributed by atoms with van der Waals surface area (Å²) >= 11 is 0. The molecule has 0 aromatic heterocycles. The molecule has 5 N–H and O–H groups in total. The Morgan fingerprint density at radius 2 is 1.62 bits per heavy atom. The van der Waals surface area contributed by atoms with Crippen LogP contribution in [0.2, 0.25) is 0 Å². The first-order chi connectivity index (χ1) is 21.8. The Hall–Kier alpha value is -2.84. The molecule has 4 fully saturated rings. The Kier molecular flexibility index (Phi) is 8.03. The fraction of sp³-hybridized carbons (Fsp3) is 0.692. The average Bonchev–Trinajstić information content (AvgIpc) is 2.99. The number of esters is 1. The van der Waals surface area contributed by atoms with Crippen LogP contribution < -0.4 is 0 Å². The molecule has 0 spiro atoms. The lowest BCUT2D eigenvalue weighted by molar-refractivity contribution is -0.245. The Balaban J connectivity index is 1.29. The van der Waals surface area contributed by atoms with Crippen molar-refractivity contribution in [2.24, 2.45) is 50.2 Å². The first-order valence-corrected chi connectivity index (χ1v) is 17.5. The summed E-state index contributed by atoms with van der Waals surface area (Å²) in [6.07, 6.45) is 10.2. The lowest BCUT2D eigenvalue weighted by atomic mass is 9.33. The summed E-state index contributed by atoms with van der Waals surface area (Å²) in [5, 5.41) is 52.9. The molecule has 5 aliphatic rings. The van der Waals surface area contributed by atoms with Gasteiger partial charge < -0.3 is 30.3 Å². The predicted molar refractivity (Wildman–Crippen MR) is 178 cm³/mol. The van der Waals surface area contributed by atoms with Gasteiger partial charge >= 0.3 is 11.9 Å². The third-order valence-electron chi connectivity index (χ3n) is 14.8. The van der Waals surface area contributed by atoms with E-state index in [1.54, 1.807) is 6.07 Å². The highest BCUT2D eigenvalue weighted by molar-refractivity contribution is 5.87. The Morgan fingerprint density at radius 1 is 0.915 bits per heavy atom. The minimum absolute atomic E-state index is 0.00818. The van der Waals surface area contributed by atoms with Crippen LogP contribution in [0.25, 0.3) is 6.08 Å². The van der Waals surface area contributed by atoms with Crippen molar-refractivity contribution in [2.45, 2.75) is 112 Å². The third kappa shape index (κ3) is 4.98. The predicted octanol–water partition coefficient (Wildman–Crippen LogP) is 6.85. The summed E-state index contributed by atoms with van der Waals surface area (Å²) in [5.74, 6) is -1.55. The summed E-state index contributed by atoms with van der Waals surface area (Å²) in [5.41, 5.74) is -0.244. The van der Waals surface area contributed by atoms with Crippen molar-refractivity contribution in [3.63, 3.8) is 0 Å². The molecule has 10 atom stereocenters. The van der Waals surface area contributed by atoms with Crippen molar-refractivity contribution in [1.29, 1.82) is 0 Å². The molecule has 5 aliphatic carbocycles. The molecule has 0 amide bonds. The molecule has 0 bridgehead atoms. The molecule has 6 rings (SSSR count). The first kappa shape index (κ1) is 34.0. The number of carbonyl (C=O) groups is 2. The molecule has 0 unspecified atom stereocenters. The molecule has 0 aliphatic heterocycles. The number of aliphatic hydroxyl groups is 2. The van der Waals surface area contributed by atoms with Crippen LogP contribution in [0.3, 0.4) is 0 Å². The zero-order chi connectivity index (χ0) is 34.4. The van der Waals surface area contributed by atoms with E-state index in [2.05, 4.69) is 40.7 Å². The van der Waals surface area contributed by atoms with E-state index in [-0.39, 0.29) is 57.5 Å². The standard InChI is InChI=1S/C39H54O8/c1-34(2)15-17-39(33(45)46)18-16-37(5)24(25(39)20-34)9-11-30-35(3)21-28(42)32(44)36(4,29(35)13-14-38(30,37)6)22-47-31(43)12-8-23-7-10-26(40)27(41)19-23/h7-10,12,19,25,28-30,32,40-42,44H,11,13-18,20-22H2,1-6H3,(H,45,46)/b12-8+/t25-,28+,29+,30+,32-,35-,36-,37+,38+,39-/m0/s1. The Labute approximate surface area is 278 Å². The second kappa shape index (κ2) is 11.1. The number of carbonyl (C=O) groups excluding carboxylic acids is 1. The number of benzene rings is 1. The van der Waals surface area contributed by atoms with Gasteiger partial charge in [-0.05, 0) is 121 Å². The fourth-order valence-corrected chi connectivity index (χ4v) is 11.8. The Morgan fingerprint density at radius 3 is 2.30 bits per heavy atom. The number of ether oxygens (including phenoxy) is 1. The molecule has 4 saturated carbocycles. The monoisotopic (exact) mass is 650 g/mol. The van der Waals surface area contributed by atoms with E-state index in [9.17, 15) is 35.1 Å². The summed E-state index contributed by atoms with van der Waals surface area (Å²) in [7, 11) is 0. The van der Waals surface area contributed by atoms with Gasteiger partial charge in [-0.25, -0.2) is 4.79 Å². The smallest absolute Gasteiger partial charge is 0.330 e. The first-order valence-electron chi connectivity index (χ1n) is 17.5. The minimum Gasteiger partial charge on any atom is -0.504 e. The van der Waals surface area contributed by atoms with E-state index >= 15 is 0 Å². The molecule has 0 saturated heterocycles. The van der Waals surface area contributed by atoms with Crippen LogP contribution in [0.4, 0.5) is 0 Å². The van der Waals surface area contributed by atoms with Gasteiger partial charge in [-0.3, -0.25) is 4.79 Å².